The number of carbonyl (C=O) groups is 1. The molecule has 0 aliphatic carbocycles. The normalized spacial score (nSPS) is 10.9. The zero-order chi connectivity index (χ0) is 18.0. The first-order valence-electron chi connectivity index (χ1n) is 8.86. The molecule has 128 valence electrons. The maximum absolute atomic E-state index is 11.0. The van der Waals surface area contributed by atoms with E-state index in [1.54, 1.807) is 11.3 Å². The summed E-state index contributed by atoms with van der Waals surface area (Å²) in [5.74, 6) is 0. The Kier molecular flexibility index (Phi) is 5.19. The van der Waals surface area contributed by atoms with Gasteiger partial charge in [0.25, 0.3) is 0 Å². The number of hydrogen-bond donors (Lipinski definition) is 0. The van der Waals surface area contributed by atoms with Gasteiger partial charge in [0, 0.05) is 4.88 Å². The van der Waals surface area contributed by atoms with E-state index in [1.807, 2.05) is 6.07 Å². The Balaban J connectivity index is 2.20. The second kappa shape index (κ2) is 7.37. The van der Waals surface area contributed by atoms with Crippen molar-refractivity contribution in [1.29, 1.82) is 0 Å². The van der Waals surface area contributed by atoms with Gasteiger partial charge in [-0.15, -0.1) is 11.3 Å². The minimum Gasteiger partial charge on any atom is -0.297 e. The molecule has 0 bridgehead atoms. The van der Waals surface area contributed by atoms with Crippen molar-refractivity contribution < 1.29 is 4.79 Å². The molecular formula is C23H24OS. The summed E-state index contributed by atoms with van der Waals surface area (Å²) in [7, 11) is 0. The molecule has 1 aromatic heterocycles. The van der Waals surface area contributed by atoms with Gasteiger partial charge in [0.1, 0.15) is 0 Å². The summed E-state index contributed by atoms with van der Waals surface area (Å²) < 4.78 is 0. The minimum absolute atomic E-state index is 0.785. The van der Waals surface area contributed by atoms with E-state index in [0.29, 0.717) is 0 Å². The van der Waals surface area contributed by atoms with Gasteiger partial charge in [0.15, 0.2) is 6.29 Å². The number of aryl methyl sites for hydroxylation is 4. The third-order valence-electron chi connectivity index (χ3n) is 4.82. The van der Waals surface area contributed by atoms with Crippen molar-refractivity contribution in [3.63, 3.8) is 0 Å². The number of carbonyl (C=O) groups excluding carboxylic acids is 1. The van der Waals surface area contributed by atoms with Crippen LogP contribution in [0.1, 0.15) is 45.8 Å². The van der Waals surface area contributed by atoms with Crippen LogP contribution in [0, 0.1) is 13.8 Å². The van der Waals surface area contributed by atoms with E-state index in [9.17, 15) is 4.79 Å². The van der Waals surface area contributed by atoms with Crippen LogP contribution in [-0.2, 0) is 12.8 Å². The van der Waals surface area contributed by atoms with Crippen LogP contribution in [-0.4, -0.2) is 6.29 Å². The molecule has 0 aliphatic rings. The lowest BCUT2D eigenvalue weighted by atomic mass is 9.88. The molecule has 0 atom stereocenters. The fourth-order valence-corrected chi connectivity index (χ4v) is 4.59. The Morgan fingerprint density at radius 1 is 0.880 bits per heavy atom. The lowest BCUT2D eigenvalue weighted by Crippen LogP contribution is -1.96. The predicted octanol–water partition coefficient (Wildman–Crippen LogP) is 6.64. The number of benzene rings is 2. The van der Waals surface area contributed by atoms with Gasteiger partial charge in [-0.05, 0) is 77.8 Å². The maximum atomic E-state index is 11.0. The lowest BCUT2D eigenvalue weighted by molar-refractivity contribution is 0.112. The molecule has 3 aromatic rings. The van der Waals surface area contributed by atoms with Crippen molar-refractivity contribution in [2.75, 3.05) is 0 Å². The Morgan fingerprint density at radius 2 is 1.64 bits per heavy atom. The van der Waals surface area contributed by atoms with Crippen molar-refractivity contribution in [2.45, 2.75) is 40.5 Å². The van der Waals surface area contributed by atoms with Gasteiger partial charge in [0.05, 0.1) is 4.88 Å². The first-order valence-corrected chi connectivity index (χ1v) is 9.68. The Morgan fingerprint density at radius 3 is 2.28 bits per heavy atom. The van der Waals surface area contributed by atoms with Gasteiger partial charge in [-0.25, -0.2) is 0 Å². The summed E-state index contributed by atoms with van der Waals surface area (Å²) in [6.45, 7) is 8.79. The SMILES string of the molecule is CCc1cccc(C)c1-c1cc(C)c(-c2ccc(C=O)s2)c(CC)c1. The van der Waals surface area contributed by atoms with Crippen LogP contribution in [0.2, 0.25) is 0 Å². The first kappa shape index (κ1) is 17.6. The molecule has 0 amide bonds. The van der Waals surface area contributed by atoms with Gasteiger partial charge >= 0.3 is 0 Å². The number of rotatable bonds is 5. The monoisotopic (exact) mass is 348 g/mol. The molecule has 0 N–H and O–H groups in total. The smallest absolute Gasteiger partial charge is 0.160 e. The molecule has 0 saturated carbocycles. The Labute approximate surface area is 154 Å². The van der Waals surface area contributed by atoms with Crippen LogP contribution < -0.4 is 0 Å². The summed E-state index contributed by atoms with van der Waals surface area (Å²) >= 11 is 1.57. The average Bonchev–Trinajstić information content (AvgIpc) is 3.09. The Hall–Kier alpha value is -2.19. The molecule has 1 nitrogen and oxygen atoms in total. The van der Waals surface area contributed by atoms with Crippen LogP contribution in [0.25, 0.3) is 21.6 Å². The van der Waals surface area contributed by atoms with E-state index in [1.165, 1.54) is 43.8 Å². The molecule has 0 unspecified atom stereocenters. The molecule has 25 heavy (non-hydrogen) atoms. The van der Waals surface area contributed by atoms with Crippen LogP contribution in [0.4, 0.5) is 0 Å². The number of thiophene rings is 1. The zero-order valence-electron chi connectivity index (χ0n) is 15.3. The fraction of sp³-hybridized carbons (Fsp3) is 0.261. The third kappa shape index (κ3) is 3.32. The van der Waals surface area contributed by atoms with Crippen molar-refractivity contribution in [1.82, 2.24) is 0 Å². The second-order valence-electron chi connectivity index (χ2n) is 6.46. The highest BCUT2D eigenvalue weighted by atomic mass is 32.1. The minimum atomic E-state index is 0.785. The highest BCUT2D eigenvalue weighted by Gasteiger charge is 2.15. The van der Waals surface area contributed by atoms with Gasteiger partial charge in [-0.2, -0.15) is 0 Å². The van der Waals surface area contributed by atoms with E-state index < -0.39 is 0 Å². The standard InChI is InChI=1S/C23H24OS/c1-5-17-9-7-8-15(3)22(17)19-12-16(4)23(18(6-2)13-19)21-11-10-20(14-24)25-21/h7-14H,5-6H2,1-4H3. The van der Waals surface area contributed by atoms with Gasteiger partial charge in [-0.3, -0.25) is 4.79 Å². The fourth-order valence-electron chi connectivity index (χ4n) is 3.62. The van der Waals surface area contributed by atoms with Gasteiger partial charge in [-0.1, -0.05) is 44.2 Å². The molecule has 0 spiro atoms. The summed E-state index contributed by atoms with van der Waals surface area (Å²) in [5.41, 5.74) is 9.31. The molecular weight excluding hydrogens is 324 g/mol. The van der Waals surface area contributed by atoms with Gasteiger partial charge in [0.2, 0.25) is 0 Å². The van der Waals surface area contributed by atoms with E-state index in [0.717, 1.165) is 24.0 Å². The van der Waals surface area contributed by atoms with E-state index in [-0.39, 0.29) is 0 Å². The second-order valence-corrected chi connectivity index (χ2v) is 7.58. The molecule has 0 radical (unpaired) electrons. The van der Waals surface area contributed by atoms with E-state index in [2.05, 4.69) is 64.1 Å². The highest BCUT2D eigenvalue weighted by Crippen LogP contribution is 2.38. The summed E-state index contributed by atoms with van der Waals surface area (Å²) in [6.07, 6.45) is 2.95. The van der Waals surface area contributed by atoms with Crippen LogP contribution in [0.3, 0.4) is 0 Å². The summed E-state index contributed by atoms with van der Waals surface area (Å²) in [6, 6.07) is 15.2. The zero-order valence-corrected chi connectivity index (χ0v) is 16.2. The maximum Gasteiger partial charge on any atom is 0.160 e. The highest BCUT2D eigenvalue weighted by molar-refractivity contribution is 7.17. The van der Waals surface area contributed by atoms with Crippen molar-refractivity contribution >= 4 is 17.6 Å². The topological polar surface area (TPSA) is 17.1 Å². The predicted molar refractivity (Wildman–Crippen MR) is 109 cm³/mol. The molecule has 1 heterocycles. The summed E-state index contributed by atoms with van der Waals surface area (Å²) in [5, 5.41) is 0. The molecule has 0 fully saturated rings. The Bertz CT molecular complexity index is 918. The quantitative estimate of drug-likeness (QED) is 0.473. The molecule has 2 heteroatoms. The van der Waals surface area contributed by atoms with Gasteiger partial charge < -0.3 is 0 Å². The largest absolute Gasteiger partial charge is 0.297 e. The molecule has 2 aromatic carbocycles. The molecule has 0 saturated heterocycles. The van der Waals surface area contributed by atoms with Crippen molar-refractivity contribution in [3.8, 4) is 21.6 Å². The lowest BCUT2D eigenvalue weighted by Gasteiger charge is -2.17. The number of hydrogen-bond acceptors (Lipinski definition) is 2. The molecule has 3 rings (SSSR count). The van der Waals surface area contributed by atoms with Crippen LogP contribution >= 0.6 is 11.3 Å². The molecule has 0 aliphatic heterocycles. The summed E-state index contributed by atoms with van der Waals surface area (Å²) in [4.78, 5) is 13.0. The van der Waals surface area contributed by atoms with Crippen LogP contribution in [0.5, 0.6) is 0 Å². The first-order chi connectivity index (χ1) is 12.1. The van der Waals surface area contributed by atoms with E-state index >= 15 is 0 Å². The van der Waals surface area contributed by atoms with Crippen molar-refractivity contribution in [3.05, 3.63) is 69.6 Å². The van der Waals surface area contributed by atoms with E-state index in [4.69, 9.17) is 0 Å². The van der Waals surface area contributed by atoms with Crippen molar-refractivity contribution in [2.24, 2.45) is 0 Å². The number of aldehydes is 1. The third-order valence-corrected chi connectivity index (χ3v) is 5.84. The average molecular weight is 349 g/mol. The van der Waals surface area contributed by atoms with Crippen LogP contribution in [0.15, 0.2) is 42.5 Å².